The summed E-state index contributed by atoms with van der Waals surface area (Å²) < 4.78 is 0. The topological polar surface area (TPSA) is 52.9 Å². The molecule has 1 aromatic rings. The van der Waals surface area contributed by atoms with Crippen LogP contribution in [0.15, 0.2) is 40.7 Å². The second-order valence-corrected chi connectivity index (χ2v) is 6.69. The van der Waals surface area contributed by atoms with Gasteiger partial charge in [-0.15, -0.1) is 0 Å². The lowest BCUT2D eigenvalue weighted by atomic mass is 9.72. The molecule has 2 atom stereocenters. The van der Waals surface area contributed by atoms with Crippen molar-refractivity contribution in [3.8, 4) is 0 Å². The first kappa shape index (κ1) is 14.5. The van der Waals surface area contributed by atoms with Gasteiger partial charge in [0.05, 0.1) is 17.3 Å². The summed E-state index contributed by atoms with van der Waals surface area (Å²) in [5.74, 6) is 0.219. The van der Waals surface area contributed by atoms with Gasteiger partial charge in [0, 0.05) is 24.6 Å². The molecule has 0 unspecified atom stereocenters. The number of benzene rings is 1. The molecule has 1 aromatic carbocycles. The molecular formula is C19H22N2O2. The predicted molar refractivity (Wildman–Crippen MR) is 88.5 cm³/mol. The van der Waals surface area contributed by atoms with E-state index in [0.717, 1.165) is 37.9 Å². The average Bonchev–Trinajstić information content (AvgIpc) is 2.60. The Morgan fingerprint density at radius 2 is 2.09 bits per heavy atom. The summed E-state index contributed by atoms with van der Waals surface area (Å²) in [5, 5.41) is 13.3. The van der Waals surface area contributed by atoms with Crippen LogP contribution in [-0.4, -0.2) is 28.1 Å². The van der Waals surface area contributed by atoms with E-state index in [4.69, 9.17) is 0 Å². The maximum atomic E-state index is 12.5. The molecule has 4 heteroatoms. The summed E-state index contributed by atoms with van der Waals surface area (Å²) in [7, 11) is 0. The third-order valence-electron chi connectivity index (χ3n) is 5.60. The molecular weight excluding hydrogens is 288 g/mol. The molecule has 0 spiro atoms. The number of carbonyl (C=O) groups excluding carboxylic acids is 1. The van der Waals surface area contributed by atoms with Gasteiger partial charge in [0.1, 0.15) is 0 Å². The van der Waals surface area contributed by atoms with Crippen molar-refractivity contribution in [1.29, 1.82) is 0 Å². The molecule has 4 rings (SSSR count). The SMILES string of the molecule is CC[C@H]1/C(=N/O)C2=C(CCCC2=O)N2CCc3ccccc3[C@@H]12. The van der Waals surface area contributed by atoms with Crippen LogP contribution in [0.3, 0.4) is 0 Å². The summed E-state index contributed by atoms with van der Waals surface area (Å²) in [4.78, 5) is 14.9. The first-order valence-corrected chi connectivity index (χ1v) is 8.59. The fraction of sp³-hybridized carbons (Fsp3) is 0.474. The van der Waals surface area contributed by atoms with Crippen molar-refractivity contribution in [1.82, 2.24) is 4.90 Å². The van der Waals surface area contributed by atoms with Crippen molar-refractivity contribution in [2.75, 3.05) is 6.54 Å². The minimum absolute atomic E-state index is 0.0715. The number of ketones is 1. The van der Waals surface area contributed by atoms with Crippen molar-refractivity contribution in [2.24, 2.45) is 11.1 Å². The lowest BCUT2D eigenvalue weighted by molar-refractivity contribution is -0.116. The highest BCUT2D eigenvalue weighted by Gasteiger charge is 2.45. The van der Waals surface area contributed by atoms with Gasteiger partial charge in [0.15, 0.2) is 5.78 Å². The zero-order valence-electron chi connectivity index (χ0n) is 13.5. The van der Waals surface area contributed by atoms with Crippen LogP contribution in [0.4, 0.5) is 0 Å². The van der Waals surface area contributed by atoms with Gasteiger partial charge in [-0.1, -0.05) is 36.3 Å². The van der Waals surface area contributed by atoms with E-state index in [1.165, 1.54) is 11.1 Å². The van der Waals surface area contributed by atoms with Gasteiger partial charge in [-0.3, -0.25) is 4.79 Å². The smallest absolute Gasteiger partial charge is 0.166 e. The minimum atomic E-state index is 0.0715. The van der Waals surface area contributed by atoms with E-state index in [2.05, 4.69) is 41.2 Å². The number of nitrogens with zero attached hydrogens (tertiary/aromatic N) is 2. The van der Waals surface area contributed by atoms with Gasteiger partial charge in [0.2, 0.25) is 0 Å². The Bertz CT molecular complexity index is 720. The van der Waals surface area contributed by atoms with E-state index >= 15 is 0 Å². The van der Waals surface area contributed by atoms with Gasteiger partial charge in [-0.05, 0) is 36.8 Å². The summed E-state index contributed by atoms with van der Waals surface area (Å²) >= 11 is 0. The Morgan fingerprint density at radius 1 is 1.26 bits per heavy atom. The molecule has 0 bridgehead atoms. The molecule has 2 aliphatic heterocycles. The number of rotatable bonds is 1. The summed E-state index contributed by atoms with van der Waals surface area (Å²) in [6, 6.07) is 8.76. The van der Waals surface area contributed by atoms with Crippen LogP contribution in [0.5, 0.6) is 0 Å². The third kappa shape index (κ3) is 2.04. The van der Waals surface area contributed by atoms with Crippen molar-refractivity contribution in [3.05, 3.63) is 46.7 Å². The summed E-state index contributed by atoms with van der Waals surface area (Å²) in [6.45, 7) is 3.06. The fourth-order valence-corrected chi connectivity index (χ4v) is 4.62. The number of hydrogen-bond acceptors (Lipinski definition) is 4. The second-order valence-electron chi connectivity index (χ2n) is 6.69. The Morgan fingerprint density at radius 3 is 2.87 bits per heavy atom. The molecule has 0 fully saturated rings. The van der Waals surface area contributed by atoms with Crippen LogP contribution < -0.4 is 0 Å². The van der Waals surface area contributed by atoms with Gasteiger partial charge >= 0.3 is 0 Å². The third-order valence-corrected chi connectivity index (χ3v) is 5.60. The first-order valence-electron chi connectivity index (χ1n) is 8.59. The molecule has 23 heavy (non-hydrogen) atoms. The molecule has 1 N–H and O–H groups in total. The Labute approximate surface area is 136 Å². The van der Waals surface area contributed by atoms with E-state index in [9.17, 15) is 10.0 Å². The number of fused-ring (bicyclic) bond motifs is 4. The van der Waals surface area contributed by atoms with Crippen molar-refractivity contribution >= 4 is 11.5 Å². The second kappa shape index (κ2) is 5.52. The quantitative estimate of drug-likeness (QED) is 0.638. The Balaban J connectivity index is 1.93. The molecule has 0 saturated carbocycles. The Hall–Kier alpha value is -2.10. The van der Waals surface area contributed by atoms with Crippen LogP contribution in [0.1, 0.15) is 49.8 Å². The molecule has 0 radical (unpaired) electrons. The highest BCUT2D eigenvalue weighted by molar-refractivity contribution is 6.24. The molecule has 3 aliphatic rings. The van der Waals surface area contributed by atoms with Crippen LogP contribution in [0, 0.1) is 5.92 Å². The monoisotopic (exact) mass is 310 g/mol. The van der Waals surface area contributed by atoms with Gasteiger partial charge in [-0.2, -0.15) is 0 Å². The molecule has 0 saturated heterocycles. The summed E-state index contributed by atoms with van der Waals surface area (Å²) in [5.41, 5.74) is 5.15. The Kier molecular flexibility index (Phi) is 3.47. The molecule has 1 aliphatic carbocycles. The number of hydrogen-bond donors (Lipinski definition) is 1. The largest absolute Gasteiger partial charge is 0.411 e. The summed E-state index contributed by atoms with van der Waals surface area (Å²) in [6.07, 6.45) is 4.26. The molecule has 4 nitrogen and oxygen atoms in total. The maximum Gasteiger partial charge on any atom is 0.166 e. The van der Waals surface area contributed by atoms with Crippen molar-refractivity contribution in [3.63, 3.8) is 0 Å². The lowest BCUT2D eigenvalue weighted by Gasteiger charge is -2.49. The van der Waals surface area contributed by atoms with Crippen LogP contribution in [-0.2, 0) is 11.2 Å². The molecule has 0 amide bonds. The lowest BCUT2D eigenvalue weighted by Crippen LogP contribution is -2.48. The van der Waals surface area contributed by atoms with E-state index in [1.54, 1.807) is 0 Å². The van der Waals surface area contributed by atoms with Crippen LogP contribution in [0.2, 0.25) is 0 Å². The highest BCUT2D eigenvalue weighted by Crippen LogP contribution is 2.47. The van der Waals surface area contributed by atoms with Gasteiger partial charge < -0.3 is 10.1 Å². The van der Waals surface area contributed by atoms with Gasteiger partial charge in [0.25, 0.3) is 0 Å². The van der Waals surface area contributed by atoms with Crippen LogP contribution >= 0.6 is 0 Å². The zero-order valence-corrected chi connectivity index (χ0v) is 13.5. The fourth-order valence-electron chi connectivity index (χ4n) is 4.62. The van der Waals surface area contributed by atoms with Gasteiger partial charge in [-0.25, -0.2) is 0 Å². The zero-order chi connectivity index (χ0) is 16.0. The predicted octanol–water partition coefficient (Wildman–Crippen LogP) is 3.46. The molecule has 2 heterocycles. The average molecular weight is 310 g/mol. The highest BCUT2D eigenvalue weighted by atomic mass is 16.4. The minimum Gasteiger partial charge on any atom is -0.411 e. The van der Waals surface area contributed by atoms with Crippen molar-refractivity contribution in [2.45, 2.75) is 45.1 Å². The standard InChI is InChI=1S/C19H22N2O2/c1-2-13-18(20-23)17-15(8-5-9-16(17)22)21-11-10-12-6-3-4-7-14(12)19(13)21/h3-4,6-7,13,19,23H,2,5,8-11H2,1H3/b20-18-/t13-,19+/m0/s1. The van der Waals surface area contributed by atoms with E-state index in [1.807, 2.05) is 0 Å². The van der Waals surface area contributed by atoms with E-state index in [-0.39, 0.29) is 17.7 Å². The molecule has 0 aromatic heterocycles. The van der Waals surface area contributed by atoms with E-state index in [0.29, 0.717) is 17.7 Å². The molecule has 120 valence electrons. The van der Waals surface area contributed by atoms with Crippen LogP contribution in [0.25, 0.3) is 0 Å². The first-order chi connectivity index (χ1) is 11.3. The number of carbonyl (C=O) groups is 1. The number of allylic oxidation sites excluding steroid dienone is 2. The van der Waals surface area contributed by atoms with E-state index < -0.39 is 0 Å². The maximum absolute atomic E-state index is 12.5. The van der Waals surface area contributed by atoms with Crippen molar-refractivity contribution < 1.29 is 10.0 Å². The normalized spacial score (nSPS) is 28.5. The number of oxime groups is 1. The number of Topliss-reactive ketones (excluding diaryl/α,β-unsaturated/α-hetero) is 1.